The number of nitrogen functional groups attached to an aromatic ring is 1. The average Bonchev–Trinajstić information content (AvgIpc) is 2.39. The first-order valence-electron chi connectivity index (χ1n) is 6.45. The number of halogens is 1. The van der Waals surface area contributed by atoms with Crippen molar-refractivity contribution in [3.63, 3.8) is 0 Å². The number of nitrogens with one attached hydrogen (secondary N) is 1. The first kappa shape index (κ1) is 15.9. The van der Waals surface area contributed by atoms with E-state index in [2.05, 4.69) is 5.32 Å². The van der Waals surface area contributed by atoms with E-state index in [9.17, 15) is 14.0 Å². The van der Waals surface area contributed by atoms with Crippen molar-refractivity contribution in [2.24, 2.45) is 0 Å². The molecule has 6 heteroatoms. The summed E-state index contributed by atoms with van der Waals surface area (Å²) in [5.74, 6) is -1.68. The molecule has 0 aliphatic carbocycles. The Morgan fingerprint density at radius 3 is 2.75 bits per heavy atom. The van der Waals surface area contributed by atoms with Crippen LogP contribution in [0.25, 0.3) is 0 Å². The van der Waals surface area contributed by atoms with Crippen LogP contribution in [0.15, 0.2) is 18.2 Å². The van der Waals surface area contributed by atoms with Crippen molar-refractivity contribution in [3.05, 3.63) is 29.6 Å². The summed E-state index contributed by atoms with van der Waals surface area (Å²) in [5, 5.41) is 2.71. The van der Waals surface area contributed by atoms with Crippen LogP contribution < -0.4 is 11.1 Å². The molecule has 1 aromatic rings. The Bertz CT molecular complexity index is 491. The lowest BCUT2D eigenvalue weighted by Crippen LogP contribution is -2.35. The molecule has 5 nitrogen and oxygen atoms in total. The molecule has 3 N–H and O–H groups in total. The van der Waals surface area contributed by atoms with Crippen molar-refractivity contribution in [1.29, 1.82) is 0 Å². The van der Waals surface area contributed by atoms with E-state index < -0.39 is 11.8 Å². The minimum absolute atomic E-state index is 0.0349. The van der Waals surface area contributed by atoms with Crippen molar-refractivity contribution in [3.8, 4) is 0 Å². The molecule has 0 fully saturated rings. The summed E-state index contributed by atoms with van der Waals surface area (Å²) in [7, 11) is 0. The number of carbonyl (C=O) groups excluding carboxylic acids is 2. The van der Waals surface area contributed by atoms with E-state index in [0.717, 1.165) is 18.9 Å². The van der Waals surface area contributed by atoms with Gasteiger partial charge in [0.05, 0.1) is 11.3 Å². The molecule has 0 radical (unpaired) electrons. The lowest BCUT2D eigenvalue weighted by Gasteiger charge is -2.12. The summed E-state index contributed by atoms with van der Waals surface area (Å²) in [5.41, 5.74) is 5.32. The predicted molar refractivity (Wildman–Crippen MR) is 73.6 cm³/mol. The lowest BCUT2D eigenvalue weighted by atomic mass is 10.2. The van der Waals surface area contributed by atoms with Gasteiger partial charge in [0.15, 0.2) is 6.61 Å². The molecule has 0 bridgehead atoms. The van der Waals surface area contributed by atoms with Crippen LogP contribution in [0, 0.1) is 5.82 Å². The summed E-state index contributed by atoms with van der Waals surface area (Å²) in [6.45, 7) is 3.52. The molecule has 0 heterocycles. The number of ether oxygens (including phenoxy) is 1. The van der Waals surface area contributed by atoms with Gasteiger partial charge in [-0.3, -0.25) is 4.79 Å². The number of nitrogens with two attached hydrogens (primary N) is 1. The van der Waals surface area contributed by atoms with E-state index in [0.29, 0.717) is 0 Å². The van der Waals surface area contributed by atoms with Gasteiger partial charge in [-0.15, -0.1) is 0 Å². The maximum Gasteiger partial charge on any atom is 0.338 e. The number of hydrogen-bond acceptors (Lipinski definition) is 4. The molecule has 1 unspecified atom stereocenters. The number of rotatable bonds is 6. The van der Waals surface area contributed by atoms with Gasteiger partial charge in [-0.25, -0.2) is 9.18 Å². The minimum Gasteiger partial charge on any atom is -0.452 e. The normalized spacial score (nSPS) is 11.8. The second kappa shape index (κ2) is 7.47. The fourth-order valence-electron chi connectivity index (χ4n) is 1.71. The zero-order valence-corrected chi connectivity index (χ0v) is 11.6. The SMILES string of the molecule is CCCC(C)NC(=O)COC(=O)c1ccc(F)c(N)c1. The Kier molecular flexibility index (Phi) is 5.96. The van der Waals surface area contributed by atoms with E-state index in [1.807, 2.05) is 13.8 Å². The van der Waals surface area contributed by atoms with Gasteiger partial charge >= 0.3 is 5.97 Å². The van der Waals surface area contributed by atoms with E-state index in [4.69, 9.17) is 10.5 Å². The number of esters is 1. The second-order valence-corrected chi connectivity index (χ2v) is 4.57. The molecule has 0 spiro atoms. The molecule has 0 saturated heterocycles. The monoisotopic (exact) mass is 282 g/mol. The molecular formula is C14H19FN2O3. The summed E-state index contributed by atoms with van der Waals surface area (Å²) in [4.78, 5) is 23.2. The second-order valence-electron chi connectivity index (χ2n) is 4.57. The summed E-state index contributed by atoms with van der Waals surface area (Å²) >= 11 is 0. The highest BCUT2D eigenvalue weighted by Gasteiger charge is 2.13. The quantitative estimate of drug-likeness (QED) is 0.616. The number of hydrogen-bond donors (Lipinski definition) is 2. The smallest absolute Gasteiger partial charge is 0.338 e. The lowest BCUT2D eigenvalue weighted by molar-refractivity contribution is -0.124. The van der Waals surface area contributed by atoms with Crippen LogP contribution in [0.2, 0.25) is 0 Å². The zero-order chi connectivity index (χ0) is 15.1. The standard InChI is InChI=1S/C14H19FN2O3/c1-3-4-9(2)17-13(18)8-20-14(19)10-5-6-11(15)12(16)7-10/h5-7,9H,3-4,8,16H2,1-2H3,(H,17,18). The molecule has 0 saturated carbocycles. The summed E-state index contributed by atoms with van der Waals surface area (Å²) in [6, 6.07) is 3.55. The molecule has 1 atom stereocenters. The third-order valence-corrected chi connectivity index (χ3v) is 2.70. The molecular weight excluding hydrogens is 263 g/mol. The van der Waals surface area contributed by atoms with E-state index in [1.165, 1.54) is 12.1 Å². The first-order valence-corrected chi connectivity index (χ1v) is 6.45. The fraction of sp³-hybridized carbons (Fsp3) is 0.429. The maximum absolute atomic E-state index is 13.0. The van der Waals surface area contributed by atoms with Crippen molar-refractivity contribution in [2.75, 3.05) is 12.3 Å². The highest BCUT2D eigenvalue weighted by atomic mass is 19.1. The van der Waals surface area contributed by atoms with Crippen LogP contribution in [-0.4, -0.2) is 24.5 Å². The molecule has 1 amide bonds. The Morgan fingerprint density at radius 1 is 1.45 bits per heavy atom. The van der Waals surface area contributed by atoms with Crippen LogP contribution in [0.1, 0.15) is 37.0 Å². The number of anilines is 1. The van der Waals surface area contributed by atoms with E-state index >= 15 is 0 Å². The minimum atomic E-state index is -0.713. The number of amides is 1. The molecule has 1 rings (SSSR count). The molecule has 0 aliphatic rings. The third kappa shape index (κ3) is 4.87. The molecule has 0 aromatic heterocycles. The highest BCUT2D eigenvalue weighted by Crippen LogP contribution is 2.13. The van der Waals surface area contributed by atoms with Crippen LogP contribution in [-0.2, 0) is 9.53 Å². The van der Waals surface area contributed by atoms with Gasteiger partial charge in [-0.05, 0) is 31.5 Å². The van der Waals surface area contributed by atoms with Gasteiger partial charge in [-0.2, -0.15) is 0 Å². The fourth-order valence-corrected chi connectivity index (χ4v) is 1.71. The Morgan fingerprint density at radius 2 is 2.15 bits per heavy atom. The number of benzene rings is 1. The van der Waals surface area contributed by atoms with Crippen LogP contribution in [0.5, 0.6) is 0 Å². The van der Waals surface area contributed by atoms with E-state index in [-0.39, 0.29) is 29.8 Å². The Balaban J connectivity index is 2.46. The van der Waals surface area contributed by atoms with Crippen molar-refractivity contribution < 1.29 is 18.7 Å². The number of carbonyl (C=O) groups is 2. The van der Waals surface area contributed by atoms with Gasteiger partial charge < -0.3 is 15.8 Å². The Hall–Kier alpha value is -2.11. The maximum atomic E-state index is 13.0. The van der Waals surface area contributed by atoms with Gasteiger partial charge in [-0.1, -0.05) is 13.3 Å². The molecule has 110 valence electrons. The van der Waals surface area contributed by atoms with Crippen LogP contribution in [0.3, 0.4) is 0 Å². The molecule has 1 aromatic carbocycles. The van der Waals surface area contributed by atoms with Crippen molar-refractivity contribution in [2.45, 2.75) is 32.7 Å². The van der Waals surface area contributed by atoms with Crippen LogP contribution >= 0.6 is 0 Å². The average molecular weight is 282 g/mol. The molecule has 20 heavy (non-hydrogen) atoms. The highest BCUT2D eigenvalue weighted by molar-refractivity contribution is 5.92. The third-order valence-electron chi connectivity index (χ3n) is 2.70. The van der Waals surface area contributed by atoms with E-state index in [1.54, 1.807) is 0 Å². The zero-order valence-electron chi connectivity index (χ0n) is 11.6. The van der Waals surface area contributed by atoms with Gasteiger partial charge in [0, 0.05) is 6.04 Å². The van der Waals surface area contributed by atoms with Crippen LogP contribution in [0.4, 0.5) is 10.1 Å². The van der Waals surface area contributed by atoms with Gasteiger partial charge in [0.25, 0.3) is 5.91 Å². The largest absolute Gasteiger partial charge is 0.452 e. The topological polar surface area (TPSA) is 81.4 Å². The Labute approximate surface area is 117 Å². The van der Waals surface area contributed by atoms with Gasteiger partial charge in [0.2, 0.25) is 0 Å². The predicted octanol–water partition coefficient (Wildman–Crippen LogP) is 1.87. The summed E-state index contributed by atoms with van der Waals surface area (Å²) < 4.78 is 17.8. The van der Waals surface area contributed by atoms with Gasteiger partial charge in [0.1, 0.15) is 5.82 Å². The first-order chi connectivity index (χ1) is 9.43. The van der Waals surface area contributed by atoms with Crippen molar-refractivity contribution >= 4 is 17.6 Å². The van der Waals surface area contributed by atoms with Crippen molar-refractivity contribution in [1.82, 2.24) is 5.32 Å². The summed E-state index contributed by atoms with van der Waals surface area (Å²) in [6.07, 6.45) is 1.81. The molecule has 0 aliphatic heterocycles.